The van der Waals surface area contributed by atoms with Gasteiger partial charge in [-0.25, -0.2) is 9.98 Å². The second-order valence-electron chi connectivity index (χ2n) is 13.1. The van der Waals surface area contributed by atoms with Gasteiger partial charge in [0, 0.05) is 37.5 Å². The van der Waals surface area contributed by atoms with Gasteiger partial charge in [0.2, 0.25) is 0 Å². The first-order valence-corrected chi connectivity index (χ1v) is 16.2. The summed E-state index contributed by atoms with van der Waals surface area (Å²) in [5.41, 5.74) is 13.7. The molecule has 5 heteroatoms. The first-order chi connectivity index (χ1) is 20.6. The van der Waals surface area contributed by atoms with E-state index in [4.69, 9.17) is 9.98 Å². The van der Waals surface area contributed by atoms with Crippen LogP contribution in [0.3, 0.4) is 0 Å². The summed E-state index contributed by atoms with van der Waals surface area (Å²) in [7, 11) is 0. The molecule has 7 rings (SSSR count). The highest BCUT2D eigenvalue weighted by atomic mass is 127. The van der Waals surface area contributed by atoms with E-state index in [0.717, 1.165) is 56.6 Å². The molecule has 2 N–H and O–H groups in total. The molecule has 0 spiro atoms. The second-order valence-corrected chi connectivity index (χ2v) is 14.2. The number of aromatic amines is 1. The highest BCUT2D eigenvalue weighted by molar-refractivity contribution is 14.1. The van der Waals surface area contributed by atoms with Crippen molar-refractivity contribution in [1.29, 1.82) is 0 Å². The zero-order valence-corrected chi connectivity index (χ0v) is 27.8. The number of rotatable bonds is 2. The van der Waals surface area contributed by atoms with Gasteiger partial charge in [0.05, 0.1) is 22.8 Å². The number of allylic oxidation sites excluding steroid dienone is 4. The van der Waals surface area contributed by atoms with Gasteiger partial charge in [0.25, 0.3) is 0 Å². The van der Waals surface area contributed by atoms with Gasteiger partial charge in [-0.2, -0.15) is 0 Å². The number of nitrogens with one attached hydrogen (secondary N) is 2. The Morgan fingerprint density at radius 2 is 1.42 bits per heavy atom. The SMILES string of the molecule is Cc1ccc(/C2=c3\cc/c([nH]3)=C(\c3c(C)cc(C)cc3C)C3=N/C(=C(/I)C4CC(C)(C)C(/C=C5/C=CC2=N5)N4)C=C3)cc1. The van der Waals surface area contributed by atoms with Gasteiger partial charge in [0.1, 0.15) is 0 Å². The van der Waals surface area contributed by atoms with Crippen LogP contribution in [0.25, 0.3) is 11.1 Å². The molecular weight excluding hydrogens is 639 g/mol. The molecule has 3 aromatic rings. The van der Waals surface area contributed by atoms with Crippen molar-refractivity contribution in [2.45, 2.75) is 60.0 Å². The highest BCUT2D eigenvalue weighted by Gasteiger charge is 2.41. The van der Waals surface area contributed by atoms with Crippen molar-refractivity contribution in [2.24, 2.45) is 15.4 Å². The molecule has 0 saturated carbocycles. The standard InChI is InChI=1S/C38H37IN4/c1-21-7-9-25(10-8-21)35-27-12-11-26(40-27)19-33-38(5,6)20-32(43-33)37(39)31-16-15-30(42-31)36(29-14-13-28(35)41-29)34-23(3)17-22(2)18-24(34)4/h7-19,32-33,41,43H,20H2,1-6H3/b26-19-,35-28-,36-29+,37-31+. The van der Waals surface area contributed by atoms with Crippen molar-refractivity contribution < 1.29 is 0 Å². The third-order valence-electron chi connectivity index (χ3n) is 9.15. The normalized spacial score (nSPS) is 27.7. The fourth-order valence-corrected chi connectivity index (χ4v) is 7.71. The van der Waals surface area contributed by atoms with E-state index in [2.05, 4.69) is 153 Å². The van der Waals surface area contributed by atoms with E-state index in [0.29, 0.717) is 0 Å². The minimum atomic E-state index is 0.0778. The molecule has 4 aliphatic heterocycles. The molecule has 0 radical (unpaired) electrons. The molecule has 1 fully saturated rings. The number of hydrogen-bond acceptors (Lipinski definition) is 3. The van der Waals surface area contributed by atoms with Crippen LogP contribution >= 0.6 is 22.6 Å². The molecule has 2 aromatic carbocycles. The molecule has 0 amide bonds. The molecule has 1 saturated heterocycles. The molecule has 0 aliphatic carbocycles. The van der Waals surface area contributed by atoms with E-state index < -0.39 is 0 Å². The zero-order valence-electron chi connectivity index (χ0n) is 25.6. The fourth-order valence-electron chi connectivity index (χ4n) is 7.01. The lowest BCUT2D eigenvalue weighted by molar-refractivity contribution is 0.355. The Kier molecular flexibility index (Phi) is 6.94. The molecular formula is C38H37IN4. The van der Waals surface area contributed by atoms with Crippen LogP contribution in [0, 0.1) is 33.1 Å². The van der Waals surface area contributed by atoms with E-state index in [-0.39, 0.29) is 17.5 Å². The van der Waals surface area contributed by atoms with Gasteiger partial charge in [-0.3, -0.25) is 0 Å². The molecule has 216 valence electrons. The number of aliphatic imine (C=N–C) groups is 2. The van der Waals surface area contributed by atoms with Crippen LogP contribution in [0.5, 0.6) is 0 Å². The van der Waals surface area contributed by atoms with Crippen LogP contribution in [0.1, 0.15) is 53.6 Å². The van der Waals surface area contributed by atoms with Crippen LogP contribution in [0.15, 0.2) is 104 Å². The van der Waals surface area contributed by atoms with Crippen LogP contribution in [0.4, 0.5) is 0 Å². The van der Waals surface area contributed by atoms with E-state index in [1.165, 1.54) is 31.4 Å². The van der Waals surface area contributed by atoms with Gasteiger partial charge in [-0.05, 0) is 127 Å². The fraction of sp³-hybridized carbons (Fsp3) is 0.263. The summed E-state index contributed by atoms with van der Waals surface area (Å²) in [5.74, 6) is 0. The molecule has 2 atom stereocenters. The van der Waals surface area contributed by atoms with E-state index >= 15 is 0 Å². The van der Waals surface area contributed by atoms with Crippen molar-refractivity contribution in [3.63, 3.8) is 0 Å². The first-order valence-electron chi connectivity index (χ1n) is 15.1. The maximum absolute atomic E-state index is 5.31. The van der Waals surface area contributed by atoms with Crippen molar-refractivity contribution >= 4 is 45.2 Å². The first kappa shape index (κ1) is 28.2. The second kappa shape index (κ2) is 10.6. The van der Waals surface area contributed by atoms with Crippen molar-refractivity contribution in [1.82, 2.24) is 10.3 Å². The highest BCUT2D eigenvalue weighted by Crippen LogP contribution is 2.41. The van der Waals surface area contributed by atoms with Crippen LogP contribution in [-0.2, 0) is 0 Å². The molecule has 4 nitrogen and oxygen atoms in total. The van der Waals surface area contributed by atoms with Gasteiger partial charge in [0.15, 0.2) is 0 Å². The number of aromatic nitrogens is 1. The van der Waals surface area contributed by atoms with Gasteiger partial charge in [-0.15, -0.1) is 0 Å². The molecule has 8 bridgehead atoms. The number of aryl methyl sites for hydroxylation is 4. The average Bonchev–Trinajstić information content (AvgIpc) is 3.75. The topological polar surface area (TPSA) is 52.5 Å². The summed E-state index contributed by atoms with van der Waals surface area (Å²) in [6, 6.07) is 18.2. The number of benzene rings is 2. The zero-order chi connectivity index (χ0) is 30.0. The Labute approximate surface area is 267 Å². The number of hydrogen-bond donors (Lipinski definition) is 2. The summed E-state index contributed by atoms with van der Waals surface area (Å²) in [4.78, 5) is 14.4. The maximum atomic E-state index is 5.31. The smallest absolute Gasteiger partial charge is 0.0746 e. The lowest BCUT2D eigenvalue weighted by Gasteiger charge is -2.23. The van der Waals surface area contributed by atoms with Crippen LogP contribution in [-0.4, -0.2) is 28.5 Å². The van der Waals surface area contributed by atoms with Crippen LogP contribution < -0.4 is 16.0 Å². The third-order valence-corrected chi connectivity index (χ3v) is 10.5. The predicted molar refractivity (Wildman–Crippen MR) is 188 cm³/mol. The van der Waals surface area contributed by atoms with Gasteiger partial charge >= 0.3 is 0 Å². The van der Waals surface area contributed by atoms with E-state index in [1.807, 2.05) is 0 Å². The Bertz CT molecular complexity index is 1970. The van der Waals surface area contributed by atoms with Crippen molar-refractivity contribution in [3.05, 3.63) is 138 Å². The Balaban J connectivity index is 1.58. The Hall–Kier alpha value is -3.55. The molecule has 4 aliphatic rings. The summed E-state index contributed by atoms with van der Waals surface area (Å²) in [5, 5.41) is 6.03. The summed E-state index contributed by atoms with van der Waals surface area (Å²) in [6.07, 6.45) is 12.1. The molecule has 2 unspecified atom stereocenters. The van der Waals surface area contributed by atoms with Gasteiger partial charge < -0.3 is 10.3 Å². The van der Waals surface area contributed by atoms with Crippen molar-refractivity contribution in [2.75, 3.05) is 0 Å². The average molecular weight is 677 g/mol. The quantitative estimate of drug-likeness (QED) is 0.283. The Morgan fingerprint density at radius 1 is 0.767 bits per heavy atom. The third kappa shape index (κ3) is 5.06. The molecule has 1 aromatic heterocycles. The summed E-state index contributed by atoms with van der Waals surface area (Å²) in [6.45, 7) is 13.4. The lowest BCUT2D eigenvalue weighted by Crippen LogP contribution is -2.33. The van der Waals surface area contributed by atoms with Crippen molar-refractivity contribution in [3.8, 4) is 0 Å². The predicted octanol–water partition coefficient (Wildman–Crippen LogP) is 6.97. The minimum Gasteiger partial charge on any atom is -0.354 e. The summed E-state index contributed by atoms with van der Waals surface area (Å²) < 4.78 is 1.26. The van der Waals surface area contributed by atoms with Gasteiger partial charge in [-0.1, -0.05) is 61.4 Å². The largest absolute Gasteiger partial charge is 0.354 e. The Morgan fingerprint density at radius 3 is 2.14 bits per heavy atom. The molecule has 5 heterocycles. The number of halogens is 1. The van der Waals surface area contributed by atoms with E-state index in [9.17, 15) is 0 Å². The van der Waals surface area contributed by atoms with Crippen LogP contribution in [0.2, 0.25) is 0 Å². The maximum Gasteiger partial charge on any atom is 0.0746 e. The minimum absolute atomic E-state index is 0.0778. The monoisotopic (exact) mass is 676 g/mol. The van der Waals surface area contributed by atoms with E-state index in [1.54, 1.807) is 0 Å². The molecule has 43 heavy (non-hydrogen) atoms. The number of fused-ring (bicyclic) bond motifs is 6. The summed E-state index contributed by atoms with van der Waals surface area (Å²) >= 11 is 2.52. The number of nitrogens with zero attached hydrogens (tertiary/aromatic N) is 2. The lowest BCUT2D eigenvalue weighted by atomic mass is 9.83. The number of H-pyrrole nitrogens is 1.